The molecule has 0 saturated carbocycles. The van der Waals surface area contributed by atoms with Gasteiger partial charge in [0.15, 0.2) is 0 Å². The molecule has 1 N–H and O–H groups in total. The summed E-state index contributed by atoms with van der Waals surface area (Å²) in [5.41, 5.74) is 1.27. The highest BCUT2D eigenvalue weighted by atomic mass is 32.2. The molecule has 2 unspecified atom stereocenters. The van der Waals surface area contributed by atoms with Gasteiger partial charge in [0.1, 0.15) is 5.75 Å². The van der Waals surface area contributed by atoms with Gasteiger partial charge in [-0.2, -0.15) is 11.8 Å². The van der Waals surface area contributed by atoms with Crippen LogP contribution < -0.4 is 10.1 Å². The molecule has 0 radical (unpaired) electrons. The molecule has 0 spiro atoms. The zero-order valence-electron chi connectivity index (χ0n) is 11.9. The molecular weight excluding hydrogens is 242 g/mol. The molecule has 0 amide bonds. The topological polar surface area (TPSA) is 21.3 Å². The van der Waals surface area contributed by atoms with Crippen molar-refractivity contribution in [2.75, 3.05) is 19.1 Å². The SMILES string of the molecule is CCC(CSC)NC(CC)c1ccccc1OC. The van der Waals surface area contributed by atoms with Crippen LogP contribution in [0, 0.1) is 0 Å². The number of nitrogens with one attached hydrogen (secondary N) is 1. The van der Waals surface area contributed by atoms with Gasteiger partial charge >= 0.3 is 0 Å². The van der Waals surface area contributed by atoms with Crippen LogP contribution in [0.3, 0.4) is 0 Å². The Morgan fingerprint density at radius 1 is 1.22 bits per heavy atom. The zero-order valence-corrected chi connectivity index (χ0v) is 12.7. The largest absolute Gasteiger partial charge is 0.496 e. The van der Waals surface area contributed by atoms with Crippen molar-refractivity contribution in [1.29, 1.82) is 0 Å². The molecule has 102 valence electrons. The molecule has 0 saturated heterocycles. The summed E-state index contributed by atoms with van der Waals surface area (Å²) in [5, 5.41) is 3.74. The van der Waals surface area contributed by atoms with Crippen LogP contribution in [0.25, 0.3) is 0 Å². The molecule has 0 aromatic heterocycles. The van der Waals surface area contributed by atoms with Crippen molar-refractivity contribution in [2.45, 2.75) is 38.8 Å². The lowest BCUT2D eigenvalue weighted by atomic mass is 10.0. The summed E-state index contributed by atoms with van der Waals surface area (Å²) >= 11 is 1.90. The maximum Gasteiger partial charge on any atom is 0.123 e. The van der Waals surface area contributed by atoms with E-state index < -0.39 is 0 Å². The van der Waals surface area contributed by atoms with Crippen molar-refractivity contribution in [2.24, 2.45) is 0 Å². The predicted octanol–water partition coefficient (Wildman–Crippen LogP) is 3.88. The second-order valence-electron chi connectivity index (χ2n) is 4.43. The van der Waals surface area contributed by atoms with Crippen LogP contribution in [0.2, 0.25) is 0 Å². The van der Waals surface area contributed by atoms with E-state index in [2.05, 4.69) is 37.6 Å². The summed E-state index contributed by atoms with van der Waals surface area (Å²) in [7, 11) is 1.74. The van der Waals surface area contributed by atoms with Gasteiger partial charge in [0.25, 0.3) is 0 Å². The minimum Gasteiger partial charge on any atom is -0.496 e. The van der Waals surface area contributed by atoms with E-state index in [1.54, 1.807) is 7.11 Å². The van der Waals surface area contributed by atoms with Gasteiger partial charge in [-0.15, -0.1) is 0 Å². The third-order valence-electron chi connectivity index (χ3n) is 3.22. The van der Waals surface area contributed by atoms with Gasteiger partial charge in [-0.3, -0.25) is 0 Å². The number of ether oxygens (including phenoxy) is 1. The van der Waals surface area contributed by atoms with Crippen molar-refractivity contribution in [3.8, 4) is 5.75 Å². The van der Waals surface area contributed by atoms with Crippen molar-refractivity contribution >= 4 is 11.8 Å². The third-order valence-corrected chi connectivity index (χ3v) is 3.96. The first-order valence-electron chi connectivity index (χ1n) is 6.64. The average Bonchev–Trinajstić information content (AvgIpc) is 2.43. The first-order chi connectivity index (χ1) is 8.76. The molecule has 3 heteroatoms. The van der Waals surface area contributed by atoms with Gasteiger partial charge in [-0.05, 0) is 25.2 Å². The quantitative estimate of drug-likeness (QED) is 0.772. The number of methoxy groups -OCH3 is 1. The van der Waals surface area contributed by atoms with Crippen LogP contribution in [-0.2, 0) is 0 Å². The summed E-state index contributed by atoms with van der Waals surface area (Å²) in [6.07, 6.45) is 4.39. The molecule has 0 bridgehead atoms. The van der Waals surface area contributed by atoms with E-state index in [0.29, 0.717) is 12.1 Å². The Labute approximate surface area is 116 Å². The van der Waals surface area contributed by atoms with Gasteiger partial charge in [-0.1, -0.05) is 32.0 Å². The summed E-state index contributed by atoms with van der Waals surface area (Å²) < 4.78 is 5.46. The second-order valence-corrected chi connectivity index (χ2v) is 5.34. The number of rotatable bonds is 8. The number of hydrogen-bond donors (Lipinski definition) is 1. The third kappa shape index (κ3) is 4.21. The summed E-state index contributed by atoms with van der Waals surface area (Å²) in [4.78, 5) is 0. The van der Waals surface area contributed by atoms with Crippen molar-refractivity contribution in [3.05, 3.63) is 29.8 Å². The van der Waals surface area contributed by atoms with Crippen LogP contribution in [0.5, 0.6) is 5.75 Å². The molecule has 0 aliphatic rings. The van der Waals surface area contributed by atoms with Crippen LogP contribution >= 0.6 is 11.8 Å². The molecule has 1 rings (SSSR count). The fraction of sp³-hybridized carbons (Fsp3) is 0.600. The lowest BCUT2D eigenvalue weighted by molar-refractivity contribution is 0.386. The fourth-order valence-electron chi connectivity index (χ4n) is 2.15. The zero-order chi connectivity index (χ0) is 13.4. The molecule has 0 aliphatic carbocycles. The maximum atomic E-state index is 5.46. The molecule has 2 atom stereocenters. The van der Waals surface area contributed by atoms with Crippen molar-refractivity contribution < 1.29 is 4.74 Å². The monoisotopic (exact) mass is 267 g/mol. The number of benzene rings is 1. The number of para-hydroxylation sites is 1. The van der Waals surface area contributed by atoms with Gasteiger partial charge in [-0.25, -0.2) is 0 Å². The Morgan fingerprint density at radius 3 is 2.50 bits per heavy atom. The predicted molar refractivity (Wildman–Crippen MR) is 81.6 cm³/mol. The van der Waals surface area contributed by atoms with Gasteiger partial charge in [0, 0.05) is 23.4 Å². The number of thioether (sulfide) groups is 1. The minimum absolute atomic E-state index is 0.373. The normalized spacial score (nSPS) is 14.2. The van der Waals surface area contributed by atoms with Gasteiger partial charge < -0.3 is 10.1 Å². The highest BCUT2D eigenvalue weighted by Crippen LogP contribution is 2.27. The Hall–Kier alpha value is -0.670. The minimum atomic E-state index is 0.373. The van der Waals surface area contributed by atoms with Gasteiger partial charge in [0.05, 0.1) is 7.11 Å². The van der Waals surface area contributed by atoms with E-state index in [1.807, 2.05) is 23.9 Å². The lowest BCUT2D eigenvalue weighted by Gasteiger charge is -2.25. The summed E-state index contributed by atoms with van der Waals surface area (Å²) in [6, 6.07) is 9.24. The first kappa shape index (κ1) is 15.4. The van der Waals surface area contributed by atoms with E-state index in [0.717, 1.165) is 24.3 Å². The van der Waals surface area contributed by atoms with E-state index in [4.69, 9.17) is 4.74 Å². The van der Waals surface area contributed by atoms with E-state index in [9.17, 15) is 0 Å². The van der Waals surface area contributed by atoms with Crippen LogP contribution in [0.1, 0.15) is 38.3 Å². The smallest absolute Gasteiger partial charge is 0.123 e. The second kappa shape index (κ2) is 8.44. The summed E-state index contributed by atoms with van der Waals surface area (Å²) in [6.45, 7) is 4.46. The van der Waals surface area contributed by atoms with Crippen molar-refractivity contribution in [3.63, 3.8) is 0 Å². The van der Waals surface area contributed by atoms with Crippen LogP contribution in [-0.4, -0.2) is 25.2 Å². The summed E-state index contributed by atoms with van der Waals surface area (Å²) in [5.74, 6) is 2.14. The standard InChI is InChI=1S/C15H25NOS/c1-5-12(11-18-4)16-14(6-2)13-9-7-8-10-15(13)17-3/h7-10,12,14,16H,5-6,11H2,1-4H3. The highest BCUT2D eigenvalue weighted by molar-refractivity contribution is 7.98. The highest BCUT2D eigenvalue weighted by Gasteiger charge is 2.17. The van der Waals surface area contributed by atoms with Gasteiger partial charge in [0.2, 0.25) is 0 Å². The Balaban J connectivity index is 2.81. The first-order valence-corrected chi connectivity index (χ1v) is 8.04. The molecule has 0 aliphatic heterocycles. The van der Waals surface area contributed by atoms with Crippen LogP contribution in [0.15, 0.2) is 24.3 Å². The Kier molecular flexibility index (Phi) is 7.21. The molecule has 1 aromatic rings. The fourth-order valence-corrected chi connectivity index (χ4v) is 2.89. The maximum absolute atomic E-state index is 5.46. The molecule has 0 fully saturated rings. The Morgan fingerprint density at radius 2 is 1.94 bits per heavy atom. The lowest BCUT2D eigenvalue weighted by Crippen LogP contribution is -2.34. The van der Waals surface area contributed by atoms with Crippen LogP contribution in [0.4, 0.5) is 0 Å². The van der Waals surface area contributed by atoms with Crippen molar-refractivity contribution in [1.82, 2.24) is 5.32 Å². The molecule has 2 nitrogen and oxygen atoms in total. The van der Waals surface area contributed by atoms with E-state index in [1.165, 1.54) is 5.56 Å². The average molecular weight is 267 g/mol. The molecular formula is C15H25NOS. The molecule has 18 heavy (non-hydrogen) atoms. The molecule has 0 heterocycles. The molecule has 1 aromatic carbocycles. The van der Waals surface area contributed by atoms with E-state index >= 15 is 0 Å². The number of hydrogen-bond acceptors (Lipinski definition) is 3. The Bertz CT molecular complexity index is 343. The van der Waals surface area contributed by atoms with E-state index in [-0.39, 0.29) is 0 Å².